The summed E-state index contributed by atoms with van der Waals surface area (Å²) < 4.78 is 8.19. The van der Waals surface area contributed by atoms with Crippen LogP contribution in [0.2, 0.25) is 0 Å². The van der Waals surface area contributed by atoms with Crippen molar-refractivity contribution in [2.24, 2.45) is 0 Å². The quantitative estimate of drug-likeness (QED) is 0.510. The van der Waals surface area contributed by atoms with Crippen molar-refractivity contribution in [1.29, 1.82) is 0 Å². The Kier molecular flexibility index (Phi) is 67.4. The molecule has 8 heteroatoms. The predicted molar refractivity (Wildman–Crippen MR) is 57.3 cm³/mol. The van der Waals surface area contributed by atoms with E-state index in [0.29, 0.717) is 19.8 Å². The summed E-state index contributed by atoms with van der Waals surface area (Å²) >= 11 is 1.06. The van der Waals surface area contributed by atoms with Gasteiger partial charge in [-0.2, -0.15) is 0 Å². The first-order valence-electron chi connectivity index (χ1n) is 5.22. The molecule has 0 atom stereocenters. The van der Waals surface area contributed by atoms with Crippen LogP contribution in [0.5, 0.6) is 0 Å². The first-order chi connectivity index (χ1) is 8.24. The van der Waals surface area contributed by atoms with Crippen LogP contribution in [0, 0.1) is 0 Å². The van der Waals surface area contributed by atoms with Gasteiger partial charge in [0.25, 0.3) is 0 Å². The maximum atomic E-state index is 8.19. The summed E-state index contributed by atoms with van der Waals surface area (Å²) in [4.78, 5) is 11.1. The molecule has 17 heavy (non-hydrogen) atoms. The van der Waals surface area contributed by atoms with Gasteiger partial charge in [-0.25, -0.2) is 14.7 Å². The van der Waals surface area contributed by atoms with E-state index in [2.05, 4.69) is 14.7 Å². The molecule has 0 fully saturated rings. The van der Waals surface area contributed by atoms with Gasteiger partial charge in [-0.3, -0.25) is 15.8 Å². The molecule has 0 spiro atoms. The molecule has 0 heterocycles. The van der Waals surface area contributed by atoms with Gasteiger partial charge in [-0.1, -0.05) is 20.8 Å². The standard InChI is InChI=1S/3C3H8O2.O.V/c3*1-2-3-5-4;;/h3*4H,2-3H2,1H3;;. The third-order valence-electron chi connectivity index (χ3n) is 0.886. The van der Waals surface area contributed by atoms with Gasteiger partial charge >= 0.3 is 21.0 Å². The van der Waals surface area contributed by atoms with E-state index < -0.39 is 0 Å². The number of rotatable bonds is 6. The zero-order valence-electron chi connectivity index (χ0n) is 10.7. The Morgan fingerprint density at radius 1 is 0.706 bits per heavy atom. The van der Waals surface area contributed by atoms with Gasteiger partial charge in [0.15, 0.2) is 0 Å². The topological polar surface area (TPSA) is 105 Å². The van der Waals surface area contributed by atoms with Crippen LogP contribution in [0.3, 0.4) is 0 Å². The van der Waals surface area contributed by atoms with Gasteiger partial charge in [0, 0.05) is 0 Å². The number of hydrogen-bond acceptors (Lipinski definition) is 7. The van der Waals surface area contributed by atoms with E-state index in [9.17, 15) is 0 Å². The Bertz CT molecular complexity index is 67.5. The van der Waals surface area contributed by atoms with E-state index in [0.717, 1.165) is 36.6 Å². The third-order valence-corrected chi connectivity index (χ3v) is 0.886. The van der Waals surface area contributed by atoms with Crippen LogP contribution in [0.1, 0.15) is 40.0 Å². The fourth-order valence-corrected chi connectivity index (χ4v) is 0.274. The normalized spacial score (nSPS) is 7.59. The Hall–Kier alpha value is 0.144. The fraction of sp³-hybridized carbons (Fsp3) is 1.00. The minimum absolute atomic E-state index is 0.444. The van der Waals surface area contributed by atoms with E-state index in [1.54, 1.807) is 0 Å². The first-order valence-corrected chi connectivity index (χ1v) is 5.79. The summed E-state index contributed by atoms with van der Waals surface area (Å²) in [5.41, 5.74) is 0. The molecule has 7 nitrogen and oxygen atoms in total. The molecule has 0 unspecified atom stereocenters. The summed E-state index contributed by atoms with van der Waals surface area (Å²) in [5, 5.41) is 22.7. The van der Waals surface area contributed by atoms with Crippen LogP contribution in [0.4, 0.5) is 0 Å². The molecule has 0 aromatic carbocycles. The Morgan fingerprint density at radius 3 is 0.882 bits per heavy atom. The second-order valence-electron chi connectivity index (χ2n) is 2.50. The molecule has 0 saturated heterocycles. The molecule has 0 saturated carbocycles. The zero-order valence-corrected chi connectivity index (χ0v) is 12.1. The van der Waals surface area contributed by atoms with Crippen LogP contribution < -0.4 is 0 Å². The summed E-state index contributed by atoms with van der Waals surface area (Å²) in [5.74, 6) is 0. The van der Waals surface area contributed by atoms with E-state index in [1.165, 1.54) is 0 Å². The zero-order chi connectivity index (χ0) is 14.4. The molecule has 0 bridgehead atoms. The van der Waals surface area contributed by atoms with Crippen molar-refractivity contribution in [3.05, 3.63) is 0 Å². The van der Waals surface area contributed by atoms with Crippen molar-refractivity contribution in [2.45, 2.75) is 40.0 Å². The molecule has 107 valence electrons. The Morgan fingerprint density at radius 2 is 0.882 bits per heavy atom. The van der Waals surface area contributed by atoms with E-state index >= 15 is 0 Å². The summed E-state index contributed by atoms with van der Waals surface area (Å²) in [7, 11) is 0. The molecular formula is C9H24O7V. The van der Waals surface area contributed by atoms with Crippen molar-refractivity contribution in [3.63, 3.8) is 0 Å². The molecule has 0 aliphatic carbocycles. The molecule has 0 aliphatic heterocycles. The van der Waals surface area contributed by atoms with Crippen molar-refractivity contribution in [1.82, 2.24) is 0 Å². The monoisotopic (exact) mass is 295 g/mol. The molecular weight excluding hydrogens is 271 g/mol. The average Bonchev–Trinajstić information content (AvgIpc) is 2.36. The van der Waals surface area contributed by atoms with Gasteiger partial charge in [0.1, 0.15) is 0 Å². The molecule has 0 aliphatic rings. The van der Waals surface area contributed by atoms with Crippen molar-refractivity contribution in [3.8, 4) is 0 Å². The van der Waals surface area contributed by atoms with Crippen molar-refractivity contribution in [2.75, 3.05) is 19.8 Å². The van der Waals surface area contributed by atoms with Gasteiger partial charge in [0.05, 0.1) is 19.8 Å². The van der Waals surface area contributed by atoms with Crippen molar-refractivity contribution >= 4 is 0 Å². The molecule has 0 rings (SSSR count). The SMILES string of the molecule is CCCOO.CCCOO.CCCOO.[O]=[V]. The van der Waals surface area contributed by atoms with Crippen LogP contribution >= 0.6 is 0 Å². The van der Waals surface area contributed by atoms with Crippen LogP contribution in [-0.4, -0.2) is 35.6 Å². The Labute approximate surface area is 112 Å². The molecule has 0 aromatic heterocycles. The first kappa shape index (κ1) is 25.9. The van der Waals surface area contributed by atoms with Gasteiger partial charge < -0.3 is 0 Å². The van der Waals surface area contributed by atoms with Crippen LogP contribution in [0.25, 0.3) is 0 Å². The second kappa shape index (κ2) is 44.3. The molecule has 3 N–H and O–H groups in total. The van der Waals surface area contributed by atoms with E-state index in [-0.39, 0.29) is 0 Å². The minimum atomic E-state index is 0.444. The average molecular weight is 295 g/mol. The predicted octanol–water partition coefficient (Wildman–Crippen LogP) is 2.54. The molecule has 0 amide bonds. The van der Waals surface area contributed by atoms with Crippen LogP contribution in [-0.2, 0) is 35.7 Å². The summed E-state index contributed by atoms with van der Waals surface area (Å²) in [6, 6.07) is 0. The second-order valence-corrected chi connectivity index (χ2v) is 2.50. The van der Waals surface area contributed by atoms with Gasteiger partial charge in [-0.15, -0.1) is 0 Å². The number of hydrogen-bond donors (Lipinski definition) is 3. The van der Waals surface area contributed by atoms with Gasteiger partial charge in [0.2, 0.25) is 0 Å². The van der Waals surface area contributed by atoms with E-state index in [1.807, 2.05) is 20.8 Å². The van der Waals surface area contributed by atoms with Crippen molar-refractivity contribution < 1.29 is 51.5 Å². The van der Waals surface area contributed by atoms with Crippen LogP contribution in [0.15, 0.2) is 0 Å². The fourth-order valence-electron chi connectivity index (χ4n) is 0.274. The Balaban J connectivity index is -0.0000000693. The summed E-state index contributed by atoms with van der Waals surface area (Å²) in [6.45, 7) is 7.11. The third kappa shape index (κ3) is 85.6. The molecule has 0 aromatic rings. The summed E-state index contributed by atoms with van der Waals surface area (Å²) in [6.07, 6.45) is 2.61. The van der Waals surface area contributed by atoms with Gasteiger partial charge in [-0.05, 0) is 19.3 Å². The maximum absolute atomic E-state index is 8.19. The van der Waals surface area contributed by atoms with E-state index in [4.69, 9.17) is 19.4 Å². The molecule has 0 radical (unpaired) electrons.